The number of imidazole rings is 1. The zero-order valence-corrected chi connectivity index (χ0v) is 16.1. The van der Waals surface area contributed by atoms with Crippen molar-refractivity contribution in [3.8, 4) is 11.5 Å². The van der Waals surface area contributed by atoms with E-state index in [-0.39, 0.29) is 23.5 Å². The zero-order valence-electron chi connectivity index (χ0n) is 16.1. The van der Waals surface area contributed by atoms with Crippen molar-refractivity contribution in [1.82, 2.24) is 14.7 Å². The second kappa shape index (κ2) is 7.99. The van der Waals surface area contributed by atoms with Crippen LogP contribution in [-0.2, 0) is 0 Å². The Hall–Kier alpha value is -3.55. The van der Waals surface area contributed by atoms with Gasteiger partial charge in [-0.05, 0) is 38.1 Å². The lowest BCUT2D eigenvalue weighted by Gasteiger charge is -2.10. The largest absolute Gasteiger partial charge is 0.493 e. The van der Waals surface area contributed by atoms with Crippen molar-refractivity contribution in [2.45, 2.75) is 19.9 Å². The van der Waals surface area contributed by atoms with Crippen LogP contribution < -0.4 is 20.1 Å². The third-order valence-corrected chi connectivity index (χ3v) is 4.03. The standard InChI is InChI=1S/C20H22N4O4/c1-12(2)21-19(25)17-14-7-5-6-10-24(14)18(23-17)20(26)22-13-8-9-15(27-3)16(11-13)28-4/h5-12H,1-4H3,(H,21,25)(H,22,26). The second-order valence-corrected chi connectivity index (χ2v) is 6.39. The number of methoxy groups -OCH3 is 2. The molecule has 8 heteroatoms. The molecular weight excluding hydrogens is 360 g/mol. The molecule has 1 aromatic carbocycles. The Bertz CT molecular complexity index is 1030. The van der Waals surface area contributed by atoms with Crippen molar-refractivity contribution in [3.05, 3.63) is 54.1 Å². The fourth-order valence-electron chi connectivity index (χ4n) is 2.80. The van der Waals surface area contributed by atoms with Gasteiger partial charge in [0.15, 0.2) is 17.2 Å². The van der Waals surface area contributed by atoms with Gasteiger partial charge in [0.25, 0.3) is 11.8 Å². The number of pyridine rings is 1. The summed E-state index contributed by atoms with van der Waals surface area (Å²) in [6.45, 7) is 3.72. The topological polar surface area (TPSA) is 94.0 Å². The summed E-state index contributed by atoms with van der Waals surface area (Å²) in [7, 11) is 3.06. The Morgan fingerprint density at radius 2 is 1.79 bits per heavy atom. The first-order valence-corrected chi connectivity index (χ1v) is 8.76. The molecule has 0 fully saturated rings. The lowest BCUT2D eigenvalue weighted by molar-refractivity contribution is 0.0940. The van der Waals surface area contributed by atoms with Crippen molar-refractivity contribution in [2.75, 3.05) is 19.5 Å². The number of ether oxygens (including phenoxy) is 2. The predicted octanol–water partition coefficient (Wildman–Crippen LogP) is 2.74. The third kappa shape index (κ3) is 3.75. The number of anilines is 1. The summed E-state index contributed by atoms with van der Waals surface area (Å²) >= 11 is 0. The summed E-state index contributed by atoms with van der Waals surface area (Å²) < 4.78 is 12.0. The molecule has 2 amide bonds. The van der Waals surface area contributed by atoms with E-state index >= 15 is 0 Å². The highest BCUT2D eigenvalue weighted by Gasteiger charge is 2.22. The van der Waals surface area contributed by atoms with Gasteiger partial charge in [-0.25, -0.2) is 4.98 Å². The van der Waals surface area contributed by atoms with Crippen LogP contribution in [0.25, 0.3) is 5.52 Å². The summed E-state index contributed by atoms with van der Waals surface area (Å²) in [6.07, 6.45) is 1.69. The normalized spacial score (nSPS) is 10.8. The Morgan fingerprint density at radius 3 is 2.46 bits per heavy atom. The number of amides is 2. The van der Waals surface area contributed by atoms with Gasteiger partial charge < -0.3 is 20.1 Å². The van der Waals surface area contributed by atoms with E-state index in [9.17, 15) is 9.59 Å². The van der Waals surface area contributed by atoms with E-state index in [1.54, 1.807) is 47.0 Å². The summed E-state index contributed by atoms with van der Waals surface area (Å²) in [5, 5.41) is 5.58. The number of nitrogens with one attached hydrogen (secondary N) is 2. The minimum absolute atomic E-state index is 0.0444. The molecule has 0 aliphatic carbocycles. The maximum atomic E-state index is 12.8. The van der Waals surface area contributed by atoms with E-state index < -0.39 is 5.91 Å². The van der Waals surface area contributed by atoms with Crippen LogP contribution >= 0.6 is 0 Å². The molecule has 146 valence electrons. The predicted molar refractivity (Wildman–Crippen MR) is 105 cm³/mol. The van der Waals surface area contributed by atoms with Gasteiger partial charge >= 0.3 is 0 Å². The maximum Gasteiger partial charge on any atom is 0.292 e. The van der Waals surface area contributed by atoms with E-state index in [2.05, 4.69) is 15.6 Å². The number of fused-ring (bicyclic) bond motifs is 1. The van der Waals surface area contributed by atoms with Crippen LogP contribution in [0.4, 0.5) is 5.69 Å². The quantitative estimate of drug-likeness (QED) is 0.684. The summed E-state index contributed by atoms with van der Waals surface area (Å²) in [4.78, 5) is 29.6. The van der Waals surface area contributed by atoms with Crippen LogP contribution in [0, 0.1) is 0 Å². The molecule has 2 aromatic heterocycles. The Labute approximate surface area is 162 Å². The SMILES string of the molecule is COc1ccc(NC(=O)c2nc(C(=O)NC(C)C)c3ccccn23)cc1OC. The first-order chi connectivity index (χ1) is 13.4. The molecule has 0 saturated carbocycles. The highest BCUT2D eigenvalue weighted by molar-refractivity contribution is 6.06. The number of carbonyl (C=O) groups excluding carboxylic acids is 2. The lowest BCUT2D eigenvalue weighted by Crippen LogP contribution is -2.30. The van der Waals surface area contributed by atoms with Crippen molar-refractivity contribution < 1.29 is 19.1 Å². The number of hydrogen-bond acceptors (Lipinski definition) is 5. The molecule has 3 aromatic rings. The molecular formula is C20H22N4O4. The lowest BCUT2D eigenvalue weighted by atomic mass is 10.2. The molecule has 8 nitrogen and oxygen atoms in total. The number of benzene rings is 1. The molecule has 2 N–H and O–H groups in total. The number of rotatable bonds is 6. The molecule has 0 aliphatic rings. The van der Waals surface area contributed by atoms with Crippen LogP contribution in [0.2, 0.25) is 0 Å². The monoisotopic (exact) mass is 382 g/mol. The zero-order chi connectivity index (χ0) is 20.3. The average molecular weight is 382 g/mol. The molecule has 0 unspecified atom stereocenters. The molecule has 3 rings (SSSR count). The van der Waals surface area contributed by atoms with Crippen LogP contribution in [0.5, 0.6) is 11.5 Å². The van der Waals surface area contributed by atoms with E-state index in [0.717, 1.165) is 0 Å². The first-order valence-electron chi connectivity index (χ1n) is 8.76. The molecule has 0 spiro atoms. The summed E-state index contributed by atoms with van der Waals surface area (Å²) in [5.41, 5.74) is 1.27. The van der Waals surface area contributed by atoms with Gasteiger partial charge in [-0.3, -0.25) is 14.0 Å². The highest BCUT2D eigenvalue weighted by atomic mass is 16.5. The molecule has 2 heterocycles. The van der Waals surface area contributed by atoms with Gasteiger partial charge in [0.05, 0.1) is 19.7 Å². The maximum absolute atomic E-state index is 12.8. The van der Waals surface area contributed by atoms with Gasteiger partial charge in [-0.2, -0.15) is 0 Å². The second-order valence-electron chi connectivity index (χ2n) is 6.39. The van der Waals surface area contributed by atoms with E-state index in [4.69, 9.17) is 9.47 Å². The molecule has 0 aliphatic heterocycles. The summed E-state index contributed by atoms with van der Waals surface area (Å²) in [6, 6.07) is 10.3. The van der Waals surface area contributed by atoms with Crippen LogP contribution in [0.3, 0.4) is 0 Å². The average Bonchev–Trinajstić information content (AvgIpc) is 3.07. The van der Waals surface area contributed by atoms with E-state index in [1.165, 1.54) is 14.2 Å². The van der Waals surface area contributed by atoms with Crippen LogP contribution in [0.15, 0.2) is 42.6 Å². The Morgan fingerprint density at radius 1 is 1.04 bits per heavy atom. The minimum atomic E-state index is -0.447. The van der Waals surface area contributed by atoms with Crippen molar-refractivity contribution >= 4 is 23.0 Å². The highest BCUT2D eigenvalue weighted by Crippen LogP contribution is 2.30. The smallest absolute Gasteiger partial charge is 0.292 e. The molecule has 0 atom stereocenters. The number of aromatic nitrogens is 2. The first kappa shape index (κ1) is 19.2. The van der Waals surface area contributed by atoms with E-state index in [0.29, 0.717) is 22.7 Å². The minimum Gasteiger partial charge on any atom is -0.493 e. The van der Waals surface area contributed by atoms with Crippen molar-refractivity contribution in [3.63, 3.8) is 0 Å². The van der Waals surface area contributed by atoms with Crippen molar-refractivity contribution in [2.24, 2.45) is 0 Å². The number of nitrogens with zero attached hydrogens (tertiary/aromatic N) is 2. The fraction of sp³-hybridized carbons (Fsp3) is 0.250. The van der Waals surface area contributed by atoms with Crippen molar-refractivity contribution in [1.29, 1.82) is 0 Å². The summed E-state index contributed by atoms with van der Waals surface area (Å²) in [5.74, 6) is 0.379. The van der Waals surface area contributed by atoms with Crippen LogP contribution in [0.1, 0.15) is 35.0 Å². The van der Waals surface area contributed by atoms with E-state index in [1.807, 2.05) is 13.8 Å². The fourth-order valence-corrected chi connectivity index (χ4v) is 2.80. The number of hydrogen-bond donors (Lipinski definition) is 2. The van der Waals surface area contributed by atoms with Gasteiger partial charge in [-0.1, -0.05) is 6.07 Å². The molecule has 28 heavy (non-hydrogen) atoms. The molecule has 0 radical (unpaired) electrons. The van der Waals surface area contributed by atoms with Gasteiger partial charge in [0.1, 0.15) is 0 Å². The number of carbonyl (C=O) groups is 2. The van der Waals surface area contributed by atoms with Gasteiger partial charge in [-0.15, -0.1) is 0 Å². The third-order valence-electron chi connectivity index (χ3n) is 4.03. The Balaban J connectivity index is 1.95. The molecule has 0 bridgehead atoms. The van der Waals surface area contributed by atoms with Crippen LogP contribution in [-0.4, -0.2) is 41.5 Å². The van der Waals surface area contributed by atoms with Gasteiger partial charge in [0.2, 0.25) is 5.82 Å². The molecule has 0 saturated heterocycles. The van der Waals surface area contributed by atoms with Gasteiger partial charge in [0, 0.05) is 24.0 Å². The Kier molecular flexibility index (Phi) is 5.49.